The molecule has 0 aliphatic rings. The Kier molecular flexibility index (Phi) is 5.15. The van der Waals surface area contributed by atoms with Crippen molar-refractivity contribution in [3.63, 3.8) is 0 Å². The Hall–Kier alpha value is -1.39. The smallest absolute Gasteiger partial charge is 0.124 e. The first-order valence-corrected chi connectivity index (χ1v) is 7.09. The van der Waals surface area contributed by atoms with E-state index in [1.807, 2.05) is 16.9 Å². The van der Waals surface area contributed by atoms with E-state index >= 15 is 0 Å². The fourth-order valence-corrected chi connectivity index (χ4v) is 2.13. The summed E-state index contributed by atoms with van der Waals surface area (Å²) in [5.74, 6) is 0.299. The van der Waals surface area contributed by atoms with Crippen molar-refractivity contribution in [1.29, 1.82) is 0 Å². The third kappa shape index (κ3) is 4.32. The second-order valence-corrected chi connectivity index (χ2v) is 5.67. The minimum Gasteiger partial charge on any atom is -0.311 e. The Morgan fingerprint density at radius 1 is 1.35 bits per heavy atom. The molecule has 108 valence electrons. The zero-order chi connectivity index (χ0) is 14.5. The molecule has 0 saturated heterocycles. The predicted molar refractivity (Wildman–Crippen MR) is 79.3 cm³/mol. The first kappa shape index (κ1) is 15.0. The van der Waals surface area contributed by atoms with Crippen molar-refractivity contribution in [2.24, 2.45) is 5.92 Å². The van der Waals surface area contributed by atoms with Gasteiger partial charge in [-0.05, 0) is 36.2 Å². The molecule has 0 fully saturated rings. The number of nitrogens with one attached hydrogen (secondary N) is 1. The number of rotatable bonds is 6. The van der Waals surface area contributed by atoms with Gasteiger partial charge >= 0.3 is 0 Å². The normalized spacial score (nSPS) is 11.2. The van der Waals surface area contributed by atoms with Gasteiger partial charge in [0.25, 0.3) is 0 Å². The molecule has 1 N–H and O–H groups in total. The predicted octanol–water partition coefficient (Wildman–Crippen LogP) is 3.47. The zero-order valence-electron chi connectivity index (χ0n) is 11.7. The Labute approximate surface area is 123 Å². The van der Waals surface area contributed by atoms with Gasteiger partial charge < -0.3 is 5.32 Å². The highest BCUT2D eigenvalue weighted by Crippen LogP contribution is 2.18. The van der Waals surface area contributed by atoms with Crippen LogP contribution in [0.3, 0.4) is 0 Å². The number of hydrogen-bond donors (Lipinski definition) is 1. The zero-order valence-corrected chi connectivity index (χ0v) is 12.5. The van der Waals surface area contributed by atoms with Crippen LogP contribution in [0.25, 0.3) is 0 Å². The van der Waals surface area contributed by atoms with Gasteiger partial charge in [0.05, 0.1) is 12.2 Å². The van der Waals surface area contributed by atoms with E-state index in [2.05, 4.69) is 24.3 Å². The average molecular weight is 296 g/mol. The fourth-order valence-electron chi connectivity index (χ4n) is 1.90. The van der Waals surface area contributed by atoms with Crippen molar-refractivity contribution in [3.8, 4) is 0 Å². The molecule has 20 heavy (non-hydrogen) atoms. The van der Waals surface area contributed by atoms with Gasteiger partial charge in [-0.3, -0.25) is 4.68 Å². The average Bonchev–Trinajstić information content (AvgIpc) is 2.80. The van der Waals surface area contributed by atoms with Crippen LogP contribution >= 0.6 is 11.6 Å². The van der Waals surface area contributed by atoms with Gasteiger partial charge in [-0.25, -0.2) is 4.39 Å². The Bertz CT molecular complexity index is 566. The highest BCUT2D eigenvalue weighted by atomic mass is 35.5. The summed E-state index contributed by atoms with van der Waals surface area (Å²) in [6, 6.07) is 6.40. The van der Waals surface area contributed by atoms with E-state index < -0.39 is 0 Å². The first-order valence-electron chi connectivity index (χ1n) is 6.71. The quantitative estimate of drug-likeness (QED) is 0.884. The highest BCUT2D eigenvalue weighted by Gasteiger charge is 2.05. The Morgan fingerprint density at radius 2 is 2.15 bits per heavy atom. The molecule has 1 heterocycles. The van der Waals surface area contributed by atoms with Crippen molar-refractivity contribution in [2.45, 2.75) is 26.9 Å². The SMILES string of the molecule is CC(C)CNCc1ccn(Cc2ccc(F)cc2Cl)n1. The van der Waals surface area contributed by atoms with Crippen LogP contribution in [-0.4, -0.2) is 16.3 Å². The summed E-state index contributed by atoms with van der Waals surface area (Å²) >= 11 is 6.01. The molecule has 0 radical (unpaired) electrons. The van der Waals surface area contributed by atoms with Crippen LogP contribution in [0.2, 0.25) is 5.02 Å². The molecule has 1 aromatic carbocycles. The van der Waals surface area contributed by atoms with Crippen LogP contribution in [0.1, 0.15) is 25.1 Å². The molecule has 0 unspecified atom stereocenters. The molecule has 2 rings (SSSR count). The van der Waals surface area contributed by atoms with Crippen LogP contribution in [0.4, 0.5) is 4.39 Å². The van der Waals surface area contributed by atoms with E-state index in [1.54, 1.807) is 6.07 Å². The summed E-state index contributed by atoms with van der Waals surface area (Å²) in [6.07, 6.45) is 1.91. The lowest BCUT2D eigenvalue weighted by atomic mass is 10.2. The van der Waals surface area contributed by atoms with Crippen molar-refractivity contribution < 1.29 is 4.39 Å². The summed E-state index contributed by atoms with van der Waals surface area (Å²) in [7, 11) is 0. The molecule has 0 spiro atoms. The van der Waals surface area contributed by atoms with E-state index in [-0.39, 0.29) is 5.82 Å². The maximum Gasteiger partial charge on any atom is 0.124 e. The van der Waals surface area contributed by atoms with Gasteiger partial charge in [-0.2, -0.15) is 5.10 Å². The van der Waals surface area contributed by atoms with E-state index in [0.717, 1.165) is 24.3 Å². The molecular formula is C15H19ClFN3. The molecule has 3 nitrogen and oxygen atoms in total. The Morgan fingerprint density at radius 3 is 2.85 bits per heavy atom. The van der Waals surface area contributed by atoms with E-state index in [1.165, 1.54) is 12.1 Å². The maximum atomic E-state index is 13.0. The van der Waals surface area contributed by atoms with Crippen molar-refractivity contribution >= 4 is 11.6 Å². The number of aromatic nitrogens is 2. The van der Waals surface area contributed by atoms with Gasteiger partial charge in [0.1, 0.15) is 5.82 Å². The first-order chi connectivity index (χ1) is 9.54. The van der Waals surface area contributed by atoms with Crippen molar-refractivity contribution in [1.82, 2.24) is 15.1 Å². The van der Waals surface area contributed by atoms with Crippen LogP contribution in [0.15, 0.2) is 30.5 Å². The molecule has 0 bridgehead atoms. The fraction of sp³-hybridized carbons (Fsp3) is 0.400. The highest BCUT2D eigenvalue weighted by molar-refractivity contribution is 6.31. The minimum absolute atomic E-state index is 0.321. The second-order valence-electron chi connectivity index (χ2n) is 5.27. The lowest BCUT2D eigenvalue weighted by Gasteiger charge is -2.06. The number of nitrogens with zero attached hydrogens (tertiary/aromatic N) is 2. The van der Waals surface area contributed by atoms with E-state index in [0.29, 0.717) is 17.5 Å². The standard InChI is InChI=1S/C15H19ClFN3/c1-11(2)8-18-9-14-5-6-20(19-14)10-12-3-4-13(17)7-15(12)16/h3-7,11,18H,8-10H2,1-2H3. The van der Waals surface area contributed by atoms with Crippen molar-refractivity contribution in [3.05, 3.63) is 52.6 Å². The van der Waals surface area contributed by atoms with Gasteiger partial charge in [0.2, 0.25) is 0 Å². The van der Waals surface area contributed by atoms with Crippen LogP contribution in [0.5, 0.6) is 0 Å². The van der Waals surface area contributed by atoms with Crippen molar-refractivity contribution in [2.75, 3.05) is 6.54 Å². The molecular weight excluding hydrogens is 277 g/mol. The number of benzene rings is 1. The Balaban J connectivity index is 1.95. The number of hydrogen-bond acceptors (Lipinski definition) is 2. The van der Waals surface area contributed by atoms with E-state index in [4.69, 9.17) is 11.6 Å². The monoisotopic (exact) mass is 295 g/mol. The lowest BCUT2D eigenvalue weighted by Crippen LogP contribution is -2.19. The molecule has 0 saturated carbocycles. The van der Waals surface area contributed by atoms with E-state index in [9.17, 15) is 4.39 Å². The molecule has 0 amide bonds. The van der Waals surface area contributed by atoms with Gasteiger partial charge in [0, 0.05) is 17.8 Å². The minimum atomic E-state index is -0.321. The third-order valence-electron chi connectivity index (χ3n) is 2.90. The lowest BCUT2D eigenvalue weighted by molar-refractivity contribution is 0.543. The van der Waals surface area contributed by atoms with Gasteiger partial charge in [-0.15, -0.1) is 0 Å². The summed E-state index contributed by atoms with van der Waals surface area (Å²) in [4.78, 5) is 0. The maximum absolute atomic E-state index is 13.0. The van der Waals surface area contributed by atoms with Gasteiger partial charge in [0.15, 0.2) is 0 Å². The van der Waals surface area contributed by atoms with Gasteiger partial charge in [-0.1, -0.05) is 31.5 Å². The number of halogens is 2. The second kappa shape index (κ2) is 6.86. The molecule has 2 aromatic rings. The molecule has 0 aliphatic carbocycles. The summed E-state index contributed by atoms with van der Waals surface area (Å²) in [5.41, 5.74) is 1.85. The third-order valence-corrected chi connectivity index (χ3v) is 3.25. The topological polar surface area (TPSA) is 29.9 Å². The summed E-state index contributed by atoms with van der Waals surface area (Å²) < 4.78 is 14.8. The van der Waals surface area contributed by atoms with Crippen LogP contribution < -0.4 is 5.32 Å². The molecule has 1 aromatic heterocycles. The van der Waals surface area contributed by atoms with Crippen LogP contribution in [-0.2, 0) is 13.1 Å². The summed E-state index contributed by atoms with van der Waals surface area (Å²) in [5, 5.41) is 8.24. The summed E-state index contributed by atoms with van der Waals surface area (Å²) in [6.45, 7) is 6.60. The molecule has 0 atom stereocenters. The molecule has 0 aliphatic heterocycles. The van der Waals surface area contributed by atoms with Crippen LogP contribution in [0, 0.1) is 11.7 Å². The largest absolute Gasteiger partial charge is 0.311 e. The molecule has 5 heteroatoms.